The number of morpholine rings is 1. The Hall–Kier alpha value is -1.85. The van der Waals surface area contributed by atoms with Crippen LogP contribution in [0.25, 0.3) is 0 Å². The Morgan fingerprint density at radius 3 is 2.94 bits per heavy atom. The van der Waals surface area contributed by atoms with E-state index in [0.29, 0.717) is 24.6 Å². The molecule has 2 saturated heterocycles. The molecule has 3 fully saturated rings. The predicted molar refractivity (Wildman–Crippen MR) is 57.8 cm³/mol. The van der Waals surface area contributed by atoms with Crippen molar-refractivity contribution in [2.24, 2.45) is 0 Å². The molecule has 2 atom stereocenters. The van der Waals surface area contributed by atoms with Gasteiger partial charge in [0.05, 0.1) is 6.54 Å². The molecule has 6 nitrogen and oxygen atoms in total. The van der Waals surface area contributed by atoms with Gasteiger partial charge in [-0.05, 0) is 12.8 Å². The minimum Gasteiger partial charge on any atom is -0.459 e. The van der Waals surface area contributed by atoms with Crippen molar-refractivity contribution in [3.8, 4) is 0 Å². The molecule has 3 heterocycles. The Labute approximate surface area is 103 Å². The Kier molecular flexibility index (Phi) is 1.87. The first-order valence-corrected chi connectivity index (χ1v) is 6.20. The van der Waals surface area contributed by atoms with E-state index in [1.54, 1.807) is 11.0 Å². The summed E-state index contributed by atoms with van der Waals surface area (Å²) in [4.78, 5) is 25.2. The smallest absolute Gasteiger partial charge is 0.329 e. The van der Waals surface area contributed by atoms with Crippen LogP contribution in [0.15, 0.2) is 10.6 Å². The summed E-state index contributed by atoms with van der Waals surface area (Å²) in [5.74, 6) is 0.685. The number of fused-ring (bicyclic) bond motifs is 2. The fraction of sp³-hybridized carbons (Fsp3) is 0.583. The van der Waals surface area contributed by atoms with E-state index in [-0.39, 0.29) is 18.0 Å². The zero-order valence-corrected chi connectivity index (χ0v) is 9.67. The van der Waals surface area contributed by atoms with Crippen LogP contribution >= 0.6 is 0 Å². The SMILES string of the molecule is O=C1O[C@@H]2C[C@H]1N(C(=O)c1cc(C3CC3)on1)C2. The molecule has 2 bridgehead atoms. The summed E-state index contributed by atoms with van der Waals surface area (Å²) in [5.41, 5.74) is 0.303. The van der Waals surface area contributed by atoms with Gasteiger partial charge >= 0.3 is 5.97 Å². The fourth-order valence-corrected chi connectivity index (χ4v) is 2.67. The van der Waals surface area contributed by atoms with Crippen LogP contribution in [0.5, 0.6) is 0 Å². The van der Waals surface area contributed by atoms with Crippen LogP contribution in [0.2, 0.25) is 0 Å². The van der Waals surface area contributed by atoms with Crippen LogP contribution in [0.4, 0.5) is 0 Å². The number of nitrogens with zero attached hydrogens (tertiary/aromatic N) is 2. The molecule has 3 aliphatic rings. The van der Waals surface area contributed by atoms with Crippen LogP contribution in [-0.4, -0.2) is 40.6 Å². The van der Waals surface area contributed by atoms with E-state index in [4.69, 9.17) is 9.26 Å². The standard InChI is InChI=1S/C12H12N2O4/c15-11(8-4-10(18-13-8)6-1-2-6)14-5-7-3-9(14)12(16)17-7/h4,6-7,9H,1-3,5H2/t7-,9-/m1/s1. The zero-order chi connectivity index (χ0) is 12.3. The second-order valence-electron chi connectivity index (χ2n) is 5.16. The molecule has 1 aliphatic carbocycles. The molecule has 0 N–H and O–H groups in total. The van der Waals surface area contributed by atoms with Gasteiger partial charge in [0.1, 0.15) is 17.9 Å². The van der Waals surface area contributed by atoms with Crippen LogP contribution in [0.3, 0.4) is 0 Å². The molecule has 0 unspecified atom stereocenters. The lowest BCUT2D eigenvalue weighted by molar-refractivity contribution is -0.149. The molecule has 1 aromatic heterocycles. The second kappa shape index (κ2) is 3.34. The lowest BCUT2D eigenvalue weighted by atomic mass is 10.2. The van der Waals surface area contributed by atoms with Crippen molar-refractivity contribution in [3.05, 3.63) is 17.5 Å². The normalized spacial score (nSPS) is 29.8. The van der Waals surface area contributed by atoms with Gasteiger partial charge < -0.3 is 14.2 Å². The van der Waals surface area contributed by atoms with Crippen molar-refractivity contribution in [2.45, 2.75) is 37.3 Å². The number of hydrogen-bond donors (Lipinski definition) is 0. The largest absolute Gasteiger partial charge is 0.459 e. The number of hydrogen-bond acceptors (Lipinski definition) is 5. The van der Waals surface area contributed by atoms with Crippen LogP contribution in [0.1, 0.15) is 41.4 Å². The third-order valence-corrected chi connectivity index (χ3v) is 3.81. The van der Waals surface area contributed by atoms with Crippen molar-refractivity contribution in [3.63, 3.8) is 0 Å². The quantitative estimate of drug-likeness (QED) is 0.720. The highest BCUT2D eigenvalue weighted by atomic mass is 16.6. The Bertz CT molecular complexity index is 534. The minimum absolute atomic E-state index is 0.138. The summed E-state index contributed by atoms with van der Waals surface area (Å²) >= 11 is 0. The van der Waals surface area contributed by atoms with Crippen LogP contribution < -0.4 is 0 Å². The number of carbonyl (C=O) groups excluding carboxylic acids is 2. The third kappa shape index (κ3) is 1.38. The van der Waals surface area contributed by atoms with Gasteiger partial charge in [-0.3, -0.25) is 4.79 Å². The van der Waals surface area contributed by atoms with Gasteiger partial charge in [-0.1, -0.05) is 5.16 Å². The van der Waals surface area contributed by atoms with Crippen molar-refractivity contribution in [1.82, 2.24) is 10.1 Å². The molecule has 0 aromatic carbocycles. The number of rotatable bonds is 2. The van der Waals surface area contributed by atoms with Crippen molar-refractivity contribution < 1.29 is 18.8 Å². The molecule has 0 spiro atoms. The lowest BCUT2D eigenvalue weighted by Crippen LogP contribution is -2.44. The summed E-state index contributed by atoms with van der Waals surface area (Å²) in [7, 11) is 0. The second-order valence-corrected chi connectivity index (χ2v) is 5.16. The van der Waals surface area contributed by atoms with E-state index in [2.05, 4.69) is 5.16 Å². The molecule has 1 amide bonds. The topological polar surface area (TPSA) is 72.6 Å². The molecular weight excluding hydrogens is 236 g/mol. The number of esters is 1. The average molecular weight is 248 g/mol. The molecule has 94 valence electrons. The van der Waals surface area contributed by atoms with Crippen molar-refractivity contribution >= 4 is 11.9 Å². The number of aromatic nitrogens is 1. The van der Waals surface area contributed by atoms with Gasteiger partial charge in [0.15, 0.2) is 5.69 Å². The van der Waals surface area contributed by atoms with Crippen molar-refractivity contribution in [2.75, 3.05) is 6.54 Å². The fourth-order valence-electron chi connectivity index (χ4n) is 2.67. The van der Waals surface area contributed by atoms with Crippen LogP contribution in [0, 0.1) is 0 Å². The van der Waals surface area contributed by atoms with E-state index in [1.807, 2.05) is 0 Å². The zero-order valence-electron chi connectivity index (χ0n) is 9.67. The molecule has 6 heteroatoms. The molecule has 18 heavy (non-hydrogen) atoms. The number of likely N-dealkylation sites (tertiary alicyclic amines) is 1. The molecule has 1 saturated carbocycles. The summed E-state index contributed by atoms with van der Waals surface area (Å²) in [6.45, 7) is 0.473. The lowest BCUT2D eigenvalue weighted by Gasteiger charge is -2.24. The number of ether oxygens (including phenoxy) is 1. The first-order chi connectivity index (χ1) is 8.72. The first kappa shape index (κ1) is 10.1. The van der Waals surface area contributed by atoms with Crippen LogP contribution in [-0.2, 0) is 9.53 Å². The first-order valence-electron chi connectivity index (χ1n) is 6.20. The minimum atomic E-state index is -0.427. The van der Waals surface area contributed by atoms with Gasteiger partial charge in [-0.25, -0.2) is 4.79 Å². The highest BCUT2D eigenvalue weighted by Gasteiger charge is 2.49. The number of amides is 1. The number of carbonyl (C=O) groups is 2. The molecule has 0 radical (unpaired) electrons. The van der Waals surface area contributed by atoms with E-state index >= 15 is 0 Å². The summed E-state index contributed by atoms with van der Waals surface area (Å²) in [6.07, 6.45) is 2.67. The Morgan fingerprint density at radius 1 is 1.44 bits per heavy atom. The third-order valence-electron chi connectivity index (χ3n) is 3.81. The van der Waals surface area contributed by atoms with Gasteiger partial charge in [0, 0.05) is 18.4 Å². The summed E-state index contributed by atoms with van der Waals surface area (Å²) in [5, 5.41) is 3.81. The molecule has 2 aliphatic heterocycles. The molecular formula is C12H12N2O4. The van der Waals surface area contributed by atoms with Crippen molar-refractivity contribution in [1.29, 1.82) is 0 Å². The highest BCUT2D eigenvalue weighted by molar-refractivity contribution is 5.96. The summed E-state index contributed by atoms with van der Waals surface area (Å²) < 4.78 is 10.2. The van der Waals surface area contributed by atoms with E-state index in [0.717, 1.165) is 18.6 Å². The van der Waals surface area contributed by atoms with E-state index < -0.39 is 6.04 Å². The Morgan fingerprint density at radius 2 is 2.28 bits per heavy atom. The van der Waals surface area contributed by atoms with Gasteiger partial charge in [-0.15, -0.1) is 0 Å². The molecule has 4 rings (SSSR count). The van der Waals surface area contributed by atoms with E-state index in [9.17, 15) is 9.59 Å². The summed E-state index contributed by atoms with van der Waals surface area (Å²) in [6, 6.07) is 1.28. The maximum atomic E-state index is 12.2. The maximum Gasteiger partial charge on any atom is 0.329 e. The monoisotopic (exact) mass is 248 g/mol. The average Bonchev–Trinajstić information content (AvgIpc) is 2.83. The predicted octanol–water partition coefficient (Wildman–Crippen LogP) is 0.692. The Balaban J connectivity index is 1.57. The van der Waals surface area contributed by atoms with E-state index in [1.165, 1.54) is 0 Å². The molecule has 1 aromatic rings. The van der Waals surface area contributed by atoms with Gasteiger partial charge in [0.2, 0.25) is 0 Å². The van der Waals surface area contributed by atoms with Gasteiger partial charge in [-0.2, -0.15) is 0 Å². The van der Waals surface area contributed by atoms with Gasteiger partial charge in [0.25, 0.3) is 5.91 Å². The maximum absolute atomic E-state index is 12.2. The highest BCUT2D eigenvalue weighted by Crippen LogP contribution is 2.40.